The van der Waals surface area contributed by atoms with E-state index in [4.69, 9.17) is 0 Å². The van der Waals surface area contributed by atoms with Gasteiger partial charge in [0.25, 0.3) is 0 Å². The standard InChI is InChI=1S/C13H21N3O3/c1-8-10(9(2)15-14-8)6-12(18)16-5-4-13(3,19)11(17)7-16/h11,17,19H,4-7H2,1-3H3,(H,14,15)/t11-,13-/m0/s1. The Labute approximate surface area is 112 Å². The van der Waals surface area contributed by atoms with Crippen LogP contribution in [0.15, 0.2) is 0 Å². The quantitative estimate of drug-likeness (QED) is 0.699. The molecule has 1 aliphatic rings. The van der Waals surface area contributed by atoms with Crippen molar-refractivity contribution in [1.29, 1.82) is 0 Å². The number of hydrogen-bond acceptors (Lipinski definition) is 4. The highest BCUT2D eigenvalue weighted by Gasteiger charge is 2.37. The molecule has 0 bridgehead atoms. The van der Waals surface area contributed by atoms with Gasteiger partial charge in [-0.1, -0.05) is 0 Å². The Bertz CT molecular complexity index is 462. The zero-order chi connectivity index (χ0) is 14.2. The van der Waals surface area contributed by atoms with E-state index in [1.165, 1.54) is 0 Å². The Morgan fingerprint density at radius 3 is 2.79 bits per heavy atom. The van der Waals surface area contributed by atoms with Crippen LogP contribution < -0.4 is 0 Å². The number of aryl methyl sites for hydroxylation is 2. The van der Waals surface area contributed by atoms with Gasteiger partial charge in [0.1, 0.15) is 0 Å². The Hall–Kier alpha value is -1.40. The number of nitrogens with zero attached hydrogens (tertiary/aromatic N) is 2. The molecule has 1 fully saturated rings. The minimum Gasteiger partial charge on any atom is -0.388 e. The summed E-state index contributed by atoms with van der Waals surface area (Å²) in [6.07, 6.45) is -0.219. The van der Waals surface area contributed by atoms with E-state index in [1.54, 1.807) is 11.8 Å². The van der Waals surface area contributed by atoms with Crippen molar-refractivity contribution in [2.75, 3.05) is 13.1 Å². The maximum atomic E-state index is 12.2. The second-order valence-electron chi connectivity index (χ2n) is 5.55. The van der Waals surface area contributed by atoms with Gasteiger partial charge in [-0.25, -0.2) is 0 Å². The van der Waals surface area contributed by atoms with E-state index in [0.717, 1.165) is 17.0 Å². The van der Waals surface area contributed by atoms with Gasteiger partial charge in [0.2, 0.25) is 5.91 Å². The molecule has 6 heteroatoms. The number of aliphatic hydroxyl groups excluding tert-OH is 1. The molecule has 106 valence electrons. The van der Waals surface area contributed by atoms with Crippen LogP contribution in [0.4, 0.5) is 0 Å². The fourth-order valence-electron chi connectivity index (χ4n) is 2.35. The number of carbonyl (C=O) groups is 1. The summed E-state index contributed by atoms with van der Waals surface area (Å²) < 4.78 is 0. The van der Waals surface area contributed by atoms with Gasteiger partial charge in [-0.05, 0) is 27.2 Å². The molecule has 1 amide bonds. The molecule has 3 N–H and O–H groups in total. The number of hydrogen-bond donors (Lipinski definition) is 3. The molecule has 6 nitrogen and oxygen atoms in total. The van der Waals surface area contributed by atoms with Crippen LogP contribution >= 0.6 is 0 Å². The van der Waals surface area contributed by atoms with Crippen LogP contribution in [0.5, 0.6) is 0 Å². The van der Waals surface area contributed by atoms with E-state index in [-0.39, 0.29) is 18.9 Å². The molecule has 0 spiro atoms. The fourth-order valence-corrected chi connectivity index (χ4v) is 2.35. The smallest absolute Gasteiger partial charge is 0.227 e. The first-order valence-corrected chi connectivity index (χ1v) is 6.50. The van der Waals surface area contributed by atoms with Gasteiger partial charge < -0.3 is 15.1 Å². The maximum absolute atomic E-state index is 12.2. The maximum Gasteiger partial charge on any atom is 0.227 e. The predicted molar refractivity (Wildman–Crippen MR) is 69.6 cm³/mol. The highest BCUT2D eigenvalue weighted by molar-refractivity contribution is 5.79. The third kappa shape index (κ3) is 2.79. The first-order chi connectivity index (χ1) is 8.81. The predicted octanol–water partition coefficient (Wildman–Crippen LogP) is -0.0868. The SMILES string of the molecule is Cc1n[nH]c(C)c1CC(=O)N1CC[C@](C)(O)[C@@H](O)C1. The number of piperidine rings is 1. The molecular formula is C13H21N3O3. The van der Waals surface area contributed by atoms with Crippen molar-refractivity contribution in [3.8, 4) is 0 Å². The fraction of sp³-hybridized carbons (Fsp3) is 0.692. The number of likely N-dealkylation sites (tertiary alicyclic amines) is 1. The molecule has 0 aromatic carbocycles. The minimum absolute atomic E-state index is 0.0397. The number of aromatic nitrogens is 2. The van der Waals surface area contributed by atoms with E-state index in [0.29, 0.717) is 13.0 Å². The number of aromatic amines is 1. The number of amides is 1. The van der Waals surface area contributed by atoms with E-state index in [2.05, 4.69) is 10.2 Å². The summed E-state index contributed by atoms with van der Waals surface area (Å²) in [6.45, 7) is 6.00. The van der Waals surface area contributed by atoms with Crippen LogP contribution in [0.3, 0.4) is 0 Å². The molecule has 0 aliphatic carbocycles. The van der Waals surface area contributed by atoms with Gasteiger partial charge in [-0.3, -0.25) is 9.89 Å². The van der Waals surface area contributed by atoms with Crippen molar-refractivity contribution in [2.45, 2.75) is 45.3 Å². The Morgan fingerprint density at radius 2 is 2.26 bits per heavy atom. The van der Waals surface area contributed by atoms with E-state index in [1.807, 2.05) is 13.8 Å². The van der Waals surface area contributed by atoms with Crippen LogP contribution in [-0.4, -0.2) is 56.0 Å². The topological polar surface area (TPSA) is 89.5 Å². The van der Waals surface area contributed by atoms with Crippen LogP contribution in [0.25, 0.3) is 0 Å². The molecule has 0 radical (unpaired) electrons. The number of H-pyrrole nitrogens is 1. The average Bonchev–Trinajstić information content (AvgIpc) is 2.64. The largest absolute Gasteiger partial charge is 0.388 e. The number of aliphatic hydroxyl groups is 2. The summed E-state index contributed by atoms with van der Waals surface area (Å²) in [5.74, 6) is -0.0397. The molecule has 1 aliphatic heterocycles. The van der Waals surface area contributed by atoms with Crippen molar-refractivity contribution in [3.05, 3.63) is 17.0 Å². The molecule has 0 unspecified atom stereocenters. The first kappa shape index (κ1) is 14.0. The second-order valence-corrected chi connectivity index (χ2v) is 5.55. The summed E-state index contributed by atoms with van der Waals surface area (Å²) in [5.41, 5.74) is 1.54. The molecule has 2 atom stereocenters. The number of carbonyl (C=O) groups excluding carboxylic acids is 1. The van der Waals surface area contributed by atoms with Crippen molar-refractivity contribution >= 4 is 5.91 Å². The summed E-state index contributed by atoms with van der Waals surface area (Å²) in [4.78, 5) is 13.8. The molecule has 1 aromatic heterocycles. The lowest BCUT2D eigenvalue weighted by molar-refractivity contribution is -0.145. The van der Waals surface area contributed by atoms with Crippen molar-refractivity contribution in [1.82, 2.24) is 15.1 Å². The highest BCUT2D eigenvalue weighted by Crippen LogP contribution is 2.23. The molecule has 2 heterocycles. The second kappa shape index (κ2) is 4.94. The van der Waals surface area contributed by atoms with Gasteiger partial charge in [0.15, 0.2) is 0 Å². The summed E-state index contributed by atoms with van der Waals surface area (Å²) >= 11 is 0. The molecule has 1 aromatic rings. The minimum atomic E-state index is -1.10. The number of rotatable bonds is 2. The van der Waals surface area contributed by atoms with E-state index >= 15 is 0 Å². The van der Waals surface area contributed by atoms with Crippen LogP contribution in [-0.2, 0) is 11.2 Å². The Balaban J connectivity index is 2.02. The first-order valence-electron chi connectivity index (χ1n) is 6.50. The number of nitrogens with one attached hydrogen (secondary N) is 1. The summed E-state index contributed by atoms with van der Waals surface area (Å²) in [7, 11) is 0. The average molecular weight is 267 g/mol. The molecule has 19 heavy (non-hydrogen) atoms. The van der Waals surface area contributed by atoms with Crippen molar-refractivity contribution in [3.63, 3.8) is 0 Å². The highest BCUT2D eigenvalue weighted by atomic mass is 16.3. The normalized spacial score (nSPS) is 27.6. The van der Waals surface area contributed by atoms with Gasteiger partial charge in [-0.2, -0.15) is 5.10 Å². The monoisotopic (exact) mass is 267 g/mol. The number of β-amino-alcohol motifs (C(OH)–C–C–N with tert-alkyl or cyclic N) is 1. The molecular weight excluding hydrogens is 246 g/mol. The molecule has 2 rings (SSSR count). The van der Waals surface area contributed by atoms with Crippen LogP contribution in [0, 0.1) is 13.8 Å². The lowest BCUT2D eigenvalue weighted by Gasteiger charge is -2.40. The lowest BCUT2D eigenvalue weighted by Crippen LogP contribution is -2.55. The van der Waals surface area contributed by atoms with Gasteiger partial charge in [0.05, 0.1) is 23.8 Å². The molecule has 0 saturated carbocycles. The van der Waals surface area contributed by atoms with Crippen LogP contribution in [0.2, 0.25) is 0 Å². The van der Waals surface area contributed by atoms with Crippen LogP contribution in [0.1, 0.15) is 30.3 Å². The van der Waals surface area contributed by atoms with Gasteiger partial charge in [-0.15, -0.1) is 0 Å². The zero-order valence-electron chi connectivity index (χ0n) is 11.6. The summed E-state index contributed by atoms with van der Waals surface area (Å²) in [6, 6.07) is 0. The lowest BCUT2D eigenvalue weighted by atomic mass is 9.90. The van der Waals surface area contributed by atoms with Crippen molar-refractivity contribution < 1.29 is 15.0 Å². The van der Waals surface area contributed by atoms with E-state index in [9.17, 15) is 15.0 Å². The van der Waals surface area contributed by atoms with Gasteiger partial charge in [0, 0.05) is 24.3 Å². The zero-order valence-corrected chi connectivity index (χ0v) is 11.6. The summed E-state index contributed by atoms with van der Waals surface area (Å²) in [5, 5.41) is 26.6. The Kier molecular flexibility index (Phi) is 3.64. The third-order valence-corrected chi connectivity index (χ3v) is 3.96. The van der Waals surface area contributed by atoms with Crippen molar-refractivity contribution in [2.24, 2.45) is 0 Å². The third-order valence-electron chi connectivity index (χ3n) is 3.96. The Morgan fingerprint density at radius 1 is 1.58 bits per heavy atom. The van der Waals surface area contributed by atoms with Gasteiger partial charge >= 0.3 is 0 Å². The van der Waals surface area contributed by atoms with E-state index < -0.39 is 11.7 Å². The molecule has 1 saturated heterocycles.